The molecule has 158 valence electrons. The molecule has 30 heavy (non-hydrogen) atoms. The fourth-order valence-electron chi connectivity index (χ4n) is 3.72. The summed E-state index contributed by atoms with van der Waals surface area (Å²) >= 11 is 0. The van der Waals surface area contributed by atoms with Crippen molar-refractivity contribution in [2.75, 3.05) is 13.2 Å². The van der Waals surface area contributed by atoms with Gasteiger partial charge in [-0.2, -0.15) is 10.2 Å². The quantitative estimate of drug-likeness (QED) is 0.384. The van der Waals surface area contributed by atoms with Gasteiger partial charge in [0.1, 0.15) is 19.3 Å². The Kier molecular flexibility index (Phi) is 5.66. The number of carboxylic acids is 1. The van der Waals surface area contributed by atoms with Crippen LogP contribution in [0.25, 0.3) is 0 Å². The molecule has 0 saturated carbocycles. The predicted molar refractivity (Wildman–Crippen MR) is 105 cm³/mol. The van der Waals surface area contributed by atoms with Crippen LogP contribution in [0.5, 0.6) is 0 Å². The Morgan fingerprint density at radius 1 is 1.37 bits per heavy atom. The molecule has 3 heterocycles. The molecule has 2 amide bonds. The van der Waals surface area contributed by atoms with Gasteiger partial charge in [0.15, 0.2) is 6.04 Å². The van der Waals surface area contributed by atoms with Crippen molar-refractivity contribution in [1.29, 1.82) is 0 Å². The van der Waals surface area contributed by atoms with E-state index in [9.17, 15) is 14.7 Å². The Bertz CT molecular complexity index is 944. The number of hydrogen-bond acceptors (Lipinski definition) is 6. The first-order valence-electron chi connectivity index (χ1n) is 9.80. The summed E-state index contributed by atoms with van der Waals surface area (Å²) in [6.07, 6.45) is 3.97. The maximum Gasteiger partial charge on any atom is 0.345 e. The van der Waals surface area contributed by atoms with Crippen molar-refractivity contribution < 1.29 is 24.4 Å². The normalized spacial score (nSPS) is 20.1. The lowest BCUT2D eigenvalue weighted by molar-refractivity contribution is -0.143. The first-order valence-corrected chi connectivity index (χ1v) is 9.80. The largest absolute Gasteiger partial charge is 0.479 e. The third-order valence-electron chi connectivity index (χ3n) is 5.07. The SMILES string of the molecule is CCCO/N=C/Cn1ncc2c1[C@@H](C(=O)O)N1C[C@@H]2N(OCc2ccccc2)C1=O. The number of nitrogens with zero attached hydrogens (tertiary/aromatic N) is 5. The van der Waals surface area contributed by atoms with Crippen LogP contribution in [0.15, 0.2) is 41.7 Å². The van der Waals surface area contributed by atoms with Crippen molar-refractivity contribution in [2.45, 2.75) is 38.6 Å². The summed E-state index contributed by atoms with van der Waals surface area (Å²) in [7, 11) is 0. The average molecular weight is 413 g/mol. The number of benzene rings is 1. The van der Waals surface area contributed by atoms with E-state index in [0.717, 1.165) is 12.0 Å². The van der Waals surface area contributed by atoms with Crippen molar-refractivity contribution in [3.05, 3.63) is 53.3 Å². The van der Waals surface area contributed by atoms with E-state index >= 15 is 0 Å². The van der Waals surface area contributed by atoms with Gasteiger partial charge in [0.05, 0.1) is 31.2 Å². The molecule has 1 N–H and O–H groups in total. The highest BCUT2D eigenvalue weighted by Gasteiger charge is 2.53. The Morgan fingerprint density at radius 2 is 2.17 bits per heavy atom. The lowest BCUT2D eigenvalue weighted by Crippen LogP contribution is -2.39. The molecule has 1 aromatic heterocycles. The maximum absolute atomic E-state index is 12.9. The minimum absolute atomic E-state index is 0.208. The Labute approximate surface area is 173 Å². The van der Waals surface area contributed by atoms with Crippen LogP contribution in [0.4, 0.5) is 4.79 Å². The van der Waals surface area contributed by atoms with E-state index in [2.05, 4.69) is 10.3 Å². The number of oxime groups is 1. The summed E-state index contributed by atoms with van der Waals surface area (Å²) < 4.78 is 1.54. The van der Waals surface area contributed by atoms with Crippen molar-refractivity contribution >= 4 is 18.2 Å². The molecule has 1 aromatic carbocycles. The number of amides is 2. The zero-order valence-electron chi connectivity index (χ0n) is 16.5. The van der Waals surface area contributed by atoms with Gasteiger partial charge in [0.2, 0.25) is 0 Å². The number of carbonyl (C=O) groups excluding carboxylic acids is 1. The molecule has 0 aliphatic carbocycles. The fourth-order valence-corrected chi connectivity index (χ4v) is 3.72. The van der Waals surface area contributed by atoms with Crippen LogP contribution in [0, 0.1) is 0 Å². The Hall–Kier alpha value is -3.40. The van der Waals surface area contributed by atoms with Gasteiger partial charge < -0.3 is 14.8 Å². The van der Waals surface area contributed by atoms with Crippen LogP contribution < -0.4 is 0 Å². The van der Waals surface area contributed by atoms with E-state index in [1.165, 1.54) is 16.2 Å². The van der Waals surface area contributed by atoms with Crippen molar-refractivity contribution in [3.8, 4) is 0 Å². The van der Waals surface area contributed by atoms with Gasteiger partial charge in [-0.3, -0.25) is 9.52 Å². The summed E-state index contributed by atoms with van der Waals surface area (Å²) in [6, 6.07) is 7.45. The highest BCUT2D eigenvalue weighted by atomic mass is 16.7. The molecular weight excluding hydrogens is 390 g/mol. The summed E-state index contributed by atoms with van der Waals surface area (Å²) in [5.74, 6) is -1.12. The van der Waals surface area contributed by atoms with Gasteiger partial charge in [-0.25, -0.2) is 9.59 Å². The molecule has 1 saturated heterocycles. The standard InChI is InChI=1S/C20H23N5O5/c1-2-10-29-22-8-9-24-17-15(11-21-24)16-12-23(18(17)19(26)27)20(28)25(16)30-13-14-6-4-3-5-7-14/h3-8,11,16,18H,2,9-10,12-13H2,1H3,(H,26,27)/b22-8+/t16-,18-/m0/s1. The number of aliphatic carboxylic acids is 1. The first-order chi connectivity index (χ1) is 14.6. The van der Waals surface area contributed by atoms with Crippen molar-refractivity contribution in [1.82, 2.24) is 19.7 Å². The zero-order valence-corrected chi connectivity index (χ0v) is 16.5. The summed E-state index contributed by atoms with van der Waals surface area (Å²) in [4.78, 5) is 37.2. The number of carbonyl (C=O) groups is 2. The first kappa shape index (κ1) is 19.9. The van der Waals surface area contributed by atoms with Gasteiger partial charge in [-0.05, 0) is 12.0 Å². The lowest BCUT2D eigenvalue weighted by atomic mass is 9.98. The molecule has 2 bridgehead atoms. The van der Waals surface area contributed by atoms with Crippen LogP contribution in [0.3, 0.4) is 0 Å². The van der Waals surface area contributed by atoms with Crippen LogP contribution in [0.2, 0.25) is 0 Å². The lowest BCUT2D eigenvalue weighted by Gasteiger charge is -2.28. The predicted octanol–water partition coefficient (Wildman–Crippen LogP) is 2.35. The second-order valence-corrected chi connectivity index (χ2v) is 7.06. The molecule has 10 heteroatoms. The number of carboxylic acid groups (broad SMARTS) is 1. The van der Waals surface area contributed by atoms with E-state index in [-0.39, 0.29) is 19.7 Å². The highest BCUT2D eigenvalue weighted by Crippen LogP contribution is 2.44. The molecule has 10 nitrogen and oxygen atoms in total. The molecule has 2 aromatic rings. The minimum Gasteiger partial charge on any atom is -0.479 e. The number of hydroxylamine groups is 2. The second-order valence-electron chi connectivity index (χ2n) is 7.06. The third kappa shape index (κ3) is 3.61. The number of rotatable bonds is 9. The molecule has 0 spiro atoms. The van der Waals surface area contributed by atoms with Crippen LogP contribution in [0.1, 0.15) is 42.2 Å². The Morgan fingerprint density at radius 3 is 2.90 bits per heavy atom. The smallest absolute Gasteiger partial charge is 0.345 e. The average Bonchev–Trinajstić information content (AvgIpc) is 3.28. The Balaban J connectivity index is 1.58. The van der Waals surface area contributed by atoms with Gasteiger partial charge in [0, 0.05) is 5.56 Å². The van der Waals surface area contributed by atoms with Crippen LogP contribution in [-0.2, 0) is 27.6 Å². The van der Waals surface area contributed by atoms with E-state index in [1.54, 1.807) is 10.9 Å². The van der Waals surface area contributed by atoms with Gasteiger partial charge in [0.25, 0.3) is 0 Å². The molecule has 2 aliphatic heterocycles. The van der Waals surface area contributed by atoms with E-state index in [1.807, 2.05) is 37.3 Å². The third-order valence-corrected chi connectivity index (χ3v) is 5.07. The number of fused-ring (bicyclic) bond motifs is 4. The molecule has 1 fully saturated rings. The van der Waals surface area contributed by atoms with E-state index in [0.29, 0.717) is 17.9 Å². The number of urea groups is 1. The van der Waals surface area contributed by atoms with Crippen molar-refractivity contribution in [3.63, 3.8) is 0 Å². The molecule has 0 unspecified atom stereocenters. The van der Waals surface area contributed by atoms with Crippen LogP contribution in [-0.4, -0.2) is 56.2 Å². The molecule has 2 aliphatic rings. The fraction of sp³-hybridized carbons (Fsp3) is 0.400. The van der Waals surface area contributed by atoms with Gasteiger partial charge >= 0.3 is 12.0 Å². The second kappa shape index (κ2) is 8.54. The van der Waals surface area contributed by atoms with Gasteiger partial charge in [-0.1, -0.05) is 42.4 Å². The monoisotopic (exact) mass is 413 g/mol. The van der Waals surface area contributed by atoms with E-state index < -0.39 is 24.1 Å². The summed E-state index contributed by atoms with van der Waals surface area (Å²) in [5.41, 5.74) is 2.04. The molecule has 0 radical (unpaired) electrons. The zero-order chi connectivity index (χ0) is 21.1. The molecular formula is C20H23N5O5. The topological polar surface area (TPSA) is 109 Å². The summed E-state index contributed by atoms with van der Waals surface area (Å²) in [5, 5.41) is 19.3. The highest BCUT2D eigenvalue weighted by molar-refractivity contribution is 5.86. The molecule has 4 rings (SSSR count). The van der Waals surface area contributed by atoms with Gasteiger partial charge in [-0.15, -0.1) is 0 Å². The summed E-state index contributed by atoms with van der Waals surface area (Å²) in [6.45, 7) is 3.16. The number of hydrogen-bond donors (Lipinski definition) is 1. The minimum atomic E-state index is -1.14. The van der Waals surface area contributed by atoms with Crippen LogP contribution >= 0.6 is 0 Å². The molecule has 2 atom stereocenters. The van der Waals surface area contributed by atoms with E-state index in [4.69, 9.17) is 9.68 Å². The maximum atomic E-state index is 12.9. The number of aromatic nitrogens is 2. The van der Waals surface area contributed by atoms with Crippen molar-refractivity contribution in [2.24, 2.45) is 5.16 Å².